The second-order valence-electron chi connectivity index (χ2n) is 9.41. The molecule has 0 aliphatic heterocycles. The number of carbonyl (C=O) groups excluding carboxylic acids is 1. The van der Waals surface area contributed by atoms with Crippen LogP contribution in [0.1, 0.15) is 46.5 Å². The van der Waals surface area contributed by atoms with Gasteiger partial charge in [0.1, 0.15) is 11.5 Å². The van der Waals surface area contributed by atoms with Gasteiger partial charge in [0.2, 0.25) is 0 Å². The minimum atomic E-state index is -0.495. The minimum absolute atomic E-state index is 0.138. The van der Waals surface area contributed by atoms with Crippen LogP contribution in [0.2, 0.25) is 0 Å². The highest BCUT2D eigenvalue weighted by Crippen LogP contribution is 2.24. The van der Waals surface area contributed by atoms with Gasteiger partial charge in [-0.05, 0) is 67.8 Å². The molecule has 0 fully saturated rings. The number of nitrogens with one attached hydrogen (secondary N) is 2. The number of rotatable bonds is 9. The second kappa shape index (κ2) is 12.7. The molecule has 4 aromatic rings. The standard InChI is InChI=1S/C32H31N3O4/c1-21(2)39-31-13-10-22(8-11-24-16-23(14-15-33)9-12-30(24)38-3)17-28(31)32(37)35-26(20-36)18-25-19-34-29-7-5-4-6-27(25)29/h4-7,9-10,12-13,16-17,19,21,26,34,36H,14,18,20H2,1-3H3,(H,35,37)/t26-/m1/s1. The summed E-state index contributed by atoms with van der Waals surface area (Å²) in [6.45, 7) is 3.57. The number of aromatic nitrogens is 1. The van der Waals surface area contributed by atoms with Crippen molar-refractivity contribution in [2.45, 2.75) is 38.8 Å². The van der Waals surface area contributed by atoms with Gasteiger partial charge < -0.3 is 24.9 Å². The number of amides is 1. The van der Waals surface area contributed by atoms with Crippen molar-refractivity contribution in [1.82, 2.24) is 10.3 Å². The number of para-hydroxylation sites is 1. The Hall–Kier alpha value is -4.72. The van der Waals surface area contributed by atoms with Gasteiger partial charge in [-0.1, -0.05) is 36.1 Å². The van der Waals surface area contributed by atoms with E-state index < -0.39 is 6.04 Å². The number of H-pyrrole nitrogens is 1. The van der Waals surface area contributed by atoms with Crippen LogP contribution in [0.15, 0.2) is 66.9 Å². The van der Waals surface area contributed by atoms with Crippen molar-refractivity contribution in [3.05, 3.63) is 94.7 Å². The predicted molar refractivity (Wildman–Crippen MR) is 151 cm³/mol. The Morgan fingerprint density at radius 2 is 1.87 bits per heavy atom. The Bertz CT molecular complexity index is 1570. The van der Waals surface area contributed by atoms with Crippen LogP contribution in [0, 0.1) is 23.2 Å². The van der Waals surface area contributed by atoms with Gasteiger partial charge in [0, 0.05) is 22.7 Å². The topological polar surface area (TPSA) is 107 Å². The van der Waals surface area contributed by atoms with Crippen LogP contribution in [-0.4, -0.2) is 41.9 Å². The Balaban J connectivity index is 1.61. The summed E-state index contributed by atoms with van der Waals surface area (Å²) in [4.78, 5) is 16.7. The summed E-state index contributed by atoms with van der Waals surface area (Å²) in [7, 11) is 1.57. The maximum absolute atomic E-state index is 13.4. The number of ether oxygens (including phenoxy) is 2. The summed E-state index contributed by atoms with van der Waals surface area (Å²) in [5.74, 6) is 6.88. The van der Waals surface area contributed by atoms with E-state index in [9.17, 15) is 9.90 Å². The molecule has 0 bridgehead atoms. The Morgan fingerprint density at radius 3 is 2.62 bits per heavy atom. The fourth-order valence-corrected chi connectivity index (χ4v) is 4.33. The smallest absolute Gasteiger partial charge is 0.255 e. The highest BCUT2D eigenvalue weighted by Gasteiger charge is 2.19. The summed E-state index contributed by atoms with van der Waals surface area (Å²) in [6.07, 6.45) is 2.50. The average molecular weight is 522 g/mol. The highest BCUT2D eigenvalue weighted by molar-refractivity contribution is 5.97. The molecular formula is C32H31N3O4. The number of nitrogens with zero attached hydrogens (tertiary/aromatic N) is 1. The van der Waals surface area contributed by atoms with Gasteiger partial charge in [0.25, 0.3) is 5.91 Å². The van der Waals surface area contributed by atoms with Crippen LogP contribution in [-0.2, 0) is 12.8 Å². The molecule has 3 N–H and O–H groups in total. The molecule has 0 aliphatic rings. The largest absolute Gasteiger partial charge is 0.495 e. The summed E-state index contributed by atoms with van der Waals surface area (Å²) < 4.78 is 11.3. The molecule has 1 heterocycles. The first kappa shape index (κ1) is 27.3. The zero-order valence-electron chi connectivity index (χ0n) is 22.2. The summed E-state index contributed by atoms with van der Waals surface area (Å²) in [6, 6.07) is 20.2. The van der Waals surface area contributed by atoms with Crippen molar-refractivity contribution < 1.29 is 19.4 Å². The number of aliphatic hydroxyl groups is 1. The summed E-state index contributed by atoms with van der Waals surface area (Å²) in [5, 5.41) is 23.1. The first-order valence-electron chi connectivity index (χ1n) is 12.7. The normalized spacial score (nSPS) is 11.4. The van der Waals surface area contributed by atoms with E-state index in [1.807, 2.05) is 56.4 Å². The molecule has 198 valence electrons. The molecule has 4 rings (SSSR count). The number of hydrogen-bond acceptors (Lipinski definition) is 5. The number of carbonyl (C=O) groups is 1. The van der Waals surface area contributed by atoms with Crippen molar-refractivity contribution in [3.63, 3.8) is 0 Å². The van der Waals surface area contributed by atoms with Crippen LogP contribution < -0.4 is 14.8 Å². The number of methoxy groups -OCH3 is 1. The fourth-order valence-electron chi connectivity index (χ4n) is 4.33. The molecule has 3 aromatic carbocycles. The van der Waals surface area contributed by atoms with E-state index in [2.05, 4.69) is 28.2 Å². The number of benzene rings is 3. The molecule has 0 saturated carbocycles. The van der Waals surface area contributed by atoms with Crippen molar-refractivity contribution in [1.29, 1.82) is 5.26 Å². The maximum Gasteiger partial charge on any atom is 0.255 e. The maximum atomic E-state index is 13.4. The van der Waals surface area contributed by atoms with Crippen molar-refractivity contribution in [2.75, 3.05) is 13.7 Å². The van der Waals surface area contributed by atoms with E-state index in [-0.39, 0.29) is 25.0 Å². The van der Waals surface area contributed by atoms with Gasteiger partial charge >= 0.3 is 0 Å². The zero-order valence-corrected chi connectivity index (χ0v) is 22.2. The number of fused-ring (bicyclic) bond motifs is 1. The van der Waals surface area contributed by atoms with Gasteiger partial charge in [-0.3, -0.25) is 4.79 Å². The van der Waals surface area contributed by atoms with E-state index in [1.165, 1.54) is 0 Å². The zero-order chi connectivity index (χ0) is 27.8. The number of aliphatic hydroxyl groups excluding tert-OH is 1. The van der Waals surface area contributed by atoms with Gasteiger partial charge in [-0.25, -0.2) is 0 Å². The predicted octanol–water partition coefficient (Wildman–Crippen LogP) is 4.76. The summed E-state index contributed by atoms with van der Waals surface area (Å²) in [5.41, 5.74) is 4.45. The lowest BCUT2D eigenvalue weighted by molar-refractivity contribution is 0.0910. The van der Waals surface area contributed by atoms with Crippen molar-refractivity contribution in [3.8, 4) is 29.4 Å². The van der Waals surface area contributed by atoms with Gasteiger partial charge in [-0.2, -0.15) is 5.26 Å². The van der Waals surface area contributed by atoms with E-state index >= 15 is 0 Å². The lowest BCUT2D eigenvalue weighted by atomic mass is 10.0. The Morgan fingerprint density at radius 1 is 1.08 bits per heavy atom. The second-order valence-corrected chi connectivity index (χ2v) is 9.41. The lowest BCUT2D eigenvalue weighted by Gasteiger charge is -2.19. The fraction of sp³-hybridized carbons (Fsp3) is 0.250. The summed E-state index contributed by atoms with van der Waals surface area (Å²) >= 11 is 0. The highest BCUT2D eigenvalue weighted by atomic mass is 16.5. The third-order valence-electron chi connectivity index (χ3n) is 6.17. The van der Waals surface area contributed by atoms with E-state index in [0.29, 0.717) is 34.6 Å². The van der Waals surface area contributed by atoms with E-state index in [4.69, 9.17) is 14.7 Å². The number of aromatic amines is 1. The van der Waals surface area contributed by atoms with Gasteiger partial charge in [0.05, 0.1) is 49.5 Å². The van der Waals surface area contributed by atoms with E-state index in [0.717, 1.165) is 22.0 Å². The molecule has 39 heavy (non-hydrogen) atoms. The van der Waals surface area contributed by atoms with Gasteiger partial charge in [-0.15, -0.1) is 0 Å². The molecular weight excluding hydrogens is 490 g/mol. The SMILES string of the molecule is COc1ccc(CC#N)cc1C#Cc1ccc(OC(C)C)c(C(=O)N[C@@H](CO)Cc2c[nH]c3ccccc23)c1. The third-order valence-corrected chi connectivity index (χ3v) is 6.17. The van der Waals surface area contributed by atoms with Crippen LogP contribution >= 0.6 is 0 Å². The molecule has 0 radical (unpaired) electrons. The van der Waals surface area contributed by atoms with Crippen LogP contribution in [0.5, 0.6) is 11.5 Å². The first-order chi connectivity index (χ1) is 18.9. The molecule has 7 heteroatoms. The van der Waals surface area contributed by atoms with Crippen LogP contribution in [0.3, 0.4) is 0 Å². The average Bonchev–Trinajstić information content (AvgIpc) is 3.34. The van der Waals surface area contributed by atoms with Crippen molar-refractivity contribution >= 4 is 16.8 Å². The minimum Gasteiger partial charge on any atom is -0.495 e. The molecule has 1 aromatic heterocycles. The van der Waals surface area contributed by atoms with Gasteiger partial charge in [0.15, 0.2) is 0 Å². The quantitative estimate of drug-likeness (QED) is 0.275. The molecule has 7 nitrogen and oxygen atoms in total. The molecule has 1 atom stereocenters. The molecule has 0 aliphatic carbocycles. The third kappa shape index (κ3) is 6.78. The molecule has 0 spiro atoms. The van der Waals surface area contributed by atoms with E-state index in [1.54, 1.807) is 31.4 Å². The Labute approximate surface area is 228 Å². The molecule has 0 saturated heterocycles. The molecule has 1 amide bonds. The number of nitriles is 1. The Kier molecular flexibility index (Phi) is 8.89. The monoisotopic (exact) mass is 521 g/mol. The van der Waals surface area contributed by atoms with Crippen LogP contribution in [0.25, 0.3) is 10.9 Å². The first-order valence-corrected chi connectivity index (χ1v) is 12.7. The van der Waals surface area contributed by atoms with Crippen molar-refractivity contribution in [2.24, 2.45) is 0 Å². The lowest BCUT2D eigenvalue weighted by Crippen LogP contribution is -2.39. The molecule has 0 unspecified atom stereocenters. The number of hydrogen-bond donors (Lipinski definition) is 3. The van der Waals surface area contributed by atoms with Crippen LogP contribution in [0.4, 0.5) is 0 Å².